The van der Waals surface area contributed by atoms with Crippen molar-refractivity contribution in [2.75, 3.05) is 62.7 Å². The Morgan fingerprint density at radius 1 is 1.20 bits per heavy atom. The number of anilines is 3. The standard InChI is InChI=1S/C29H31FN8O2S/c1-3-24-28(34(2)29-33-25(18-41-29)23-6-4-20(30)12-19(23)13-31)38-14-21(5-7-26(38)32-24)36-10-8-35(9-11-36)17-27(40)37-15-22(39)16-37/h4-7,12,14,18,22,39H,3,8-11,15-17H2,1-2H3. The number of amides is 1. The van der Waals surface area contributed by atoms with Crippen LogP contribution in [0.15, 0.2) is 41.9 Å². The van der Waals surface area contributed by atoms with Gasteiger partial charge in [-0.1, -0.05) is 6.92 Å². The highest BCUT2D eigenvalue weighted by Crippen LogP contribution is 2.35. The Morgan fingerprint density at radius 2 is 1.98 bits per heavy atom. The first-order chi connectivity index (χ1) is 19.8. The van der Waals surface area contributed by atoms with E-state index in [0.29, 0.717) is 30.9 Å². The number of pyridine rings is 1. The molecule has 2 saturated heterocycles. The third kappa shape index (κ3) is 5.24. The monoisotopic (exact) mass is 574 g/mol. The number of nitrogens with zero attached hydrogens (tertiary/aromatic N) is 8. The highest BCUT2D eigenvalue weighted by atomic mass is 32.1. The molecule has 0 bridgehead atoms. The Morgan fingerprint density at radius 3 is 2.68 bits per heavy atom. The second kappa shape index (κ2) is 11.1. The van der Waals surface area contributed by atoms with Gasteiger partial charge >= 0.3 is 0 Å². The third-order valence-corrected chi connectivity index (χ3v) is 8.69. The van der Waals surface area contributed by atoms with Gasteiger partial charge in [0, 0.05) is 63.5 Å². The molecule has 1 amide bonds. The summed E-state index contributed by atoms with van der Waals surface area (Å²) in [6.45, 7) is 6.52. The van der Waals surface area contributed by atoms with Gasteiger partial charge in [0.2, 0.25) is 5.91 Å². The Kier molecular flexibility index (Phi) is 7.33. The zero-order valence-electron chi connectivity index (χ0n) is 23.0. The number of β-amino-alcohol motifs (C(OH)–C–C–N with tert-alkyl or cyclic N) is 1. The SMILES string of the molecule is CCc1nc2ccc(N3CCN(CC(=O)N4CC(O)C4)CC3)cn2c1N(C)c1nc(-c2ccc(F)cc2C#N)cs1. The van der Waals surface area contributed by atoms with E-state index in [1.54, 1.807) is 11.0 Å². The molecule has 5 heterocycles. The number of thiazole rings is 1. The average molecular weight is 575 g/mol. The van der Waals surface area contributed by atoms with Crippen molar-refractivity contribution in [1.82, 2.24) is 24.2 Å². The quantitative estimate of drug-likeness (QED) is 0.359. The van der Waals surface area contributed by atoms with Gasteiger partial charge in [0.1, 0.15) is 17.3 Å². The van der Waals surface area contributed by atoms with Crippen molar-refractivity contribution in [1.29, 1.82) is 5.26 Å². The van der Waals surface area contributed by atoms with Crippen LogP contribution in [-0.4, -0.2) is 94.1 Å². The maximum absolute atomic E-state index is 13.7. The highest BCUT2D eigenvalue weighted by molar-refractivity contribution is 7.14. The molecule has 2 fully saturated rings. The van der Waals surface area contributed by atoms with Crippen molar-refractivity contribution in [3.8, 4) is 17.3 Å². The largest absolute Gasteiger partial charge is 0.389 e. The maximum atomic E-state index is 13.7. The Hall–Kier alpha value is -4.05. The number of fused-ring (bicyclic) bond motifs is 1. The fraction of sp³-hybridized carbons (Fsp3) is 0.379. The Labute approximate surface area is 241 Å². The zero-order valence-corrected chi connectivity index (χ0v) is 23.8. The molecule has 3 aromatic heterocycles. The molecule has 4 aromatic rings. The van der Waals surface area contributed by atoms with Crippen LogP contribution in [0.4, 0.5) is 21.0 Å². The van der Waals surface area contributed by atoms with Crippen molar-refractivity contribution in [2.24, 2.45) is 0 Å². The van der Waals surface area contributed by atoms with Gasteiger partial charge in [-0.2, -0.15) is 5.26 Å². The maximum Gasteiger partial charge on any atom is 0.236 e. The summed E-state index contributed by atoms with van der Waals surface area (Å²) in [6.07, 6.45) is 2.47. The van der Waals surface area contributed by atoms with E-state index in [0.717, 1.165) is 60.6 Å². The van der Waals surface area contributed by atoms with E-state index >= 15 is 0 Å². The van der Waals surface area contributed by atoms with Crippen molar-refractivity contribution in [2.45, 2.75) is 19.4 Å². The number of benzene rings is 1. The number of nitriles is 1. The predicted octanol–water partition coefficient (Wildman–Crippen LogP) is 3.12. The van der Waals surface area contributed by atoms with Crippen LogP contribution in [0, 0.1) is 17.1 Å². The molecule has 2 aliphatic heterocycles. The van der Waals surface area contributed by atoms with Crippen LogP contribution >= 0.6 is 11.3 Å². The van der Waals surface area contributed by atoms with E-state index < -0.39 is 5.82 Å². The summed E-state index contributed by atoms with van der Waals surface area (Å²) in [6, 6.07) is 10.4. The molecule has 0 radical (unpaired) electrons. The molecule has 0 atom stereocenters. The molecule has 1 aromatic carbocycles. The summed E-state index contributed by atoms with van der Waals surface area (Å²) >= 11 is 1.46. The van der Waals surface area contributed by atoms with Gasteiger partial charge in [0.15, 0.2) is 5.13 Å². The van der Waals surface area contributed by atoms with Crippen LogP contribution in [0.3, 0.4) is 0 Å². The number of aliphatic hydroxyl groups is 1. The molecule has 12 heteroatoms. The average Bonchev–Trinajstić information content (AvgIpc) is 3.60. The Bertz CT molecular complexity index is 1630. The lowest BCUT2D eigenvalue weighted by Gasteiger charge is -2.39. The molecular formula is C29H31FN8O2S. The van der Waals surface area contributed by atoms with Gasteiger partial charge in [0.05, 0.1) is 41.4 Å². The summed E-state index contributed by atoms with van der Waals surface area (Å²) in [5, 5.41) is 21.6. The van der Waals surface area contributed by atoms with Crippen molar-refractivity contribution in [3.05, 3.63) is 59.0 Å². The summed E-state index contributed by atoms with van der Waals surface area (Å²) < 4.78 is 15.8. The molecule has 10 nitrogen and oxygen atoms in total. The number of carbonyl (C=O) groups is 1. The van der Waals surface area contributed by atoms with Crippen molar-refractivity contribution in [3.63, 3.8) is 0 Å². The molecule has 0 spiro atoms. The van der Waals surface area contributed by atoms with Crippen LogP contribution in [0.2, 0.25) is 0 Å². The van der Waals surface area contributed by atoms with Crippen LogP contribution in [0.5, 0.6) is 0 Å². The molecule has 2 aliphatic rings. The number of hydrogen-bond acceptors (Lipinski definition) is 9. The molecule has 1 N–H and O–H groups in total. The normalized spacial score (nSPS) is 16.2. The topological polar surface area (TPSA) is 104 Å². The number of hydrogen-bond donors (Lipinski definition) is 1. The first-order valence-electron chi connectivity index (χ1n) is 13.7. The fourth-order valence-corrected chi connectivity index (χ4v) is 6.22. The smallest absolute Gasteiger partial charge is 0.236 e. The molecule has 6 rings (SSSR count). The zero-order chi connectivity index (χ0) is 28.7. The van der Waals surface area contributed by atoms with Crippen molar-refractivity contribution >= 4 is 39.5 Å². The lowest BCUT2D eigenvalue weighted by molar-refractivity contribution is -0.142. The molecule has 212 valence electrons. The minimum atomic E-state index is -0.450. The first kappa shape index (κ1) is 27.1. The number of piperazine rings is 1. The molecule has 0 aliphatic carbocycles. The van der Waals surface area contributed by atoms with Gasteiger partial charge in [0.25, 0.3) is 0 Å². The predicted molar refractivity (Wildman–Crippen MR) is 156 cm³/mol. The summed E-state index contributed by atoms with van der Waals surface area (Å²) in [5.74, 6) is 0.553. The van der Waals surface area contributed by atoms with E-state index in [9.17, 15) is 19.6 Å². The van der Waals surface area contributed by atoms with Gasteiger partial charge in [-0.15, -0.1) is 11.3 Å². The van der Waals surface area contributed by atoms with E-state index in [-0.39, 0.29) is 17.6 Å². The van der Waals surface area contributed by atoms with Crippen molar-refractivity contribution < 1.29 is 14.3 Å². The minimum absolute atomic E-state index is 0.0805. The van der Waals surface area contributed by atoms with Gasteiger partial charge in [-0.05, 0) is 36.8 Å². The number of carbonyl (C=O) groups excluding carboxylic acids is 1. The van der Waals surface area contributed by atoms with E-state index in [1.807, 2.05) is 23.4 Å². The van der Waals surface area contributed by atoms with E-state index in [1.165, 1.54) is 23.5 Å². The van der Waals surface area contributed by atoms with E-state index in [4.69, 9.17) is 9.97 Å². The van der Waals surface area contributed by atoms with Gasteiger partial charge < -0.3 is 19.8 Å². The van der Waals surface area contributed by atoms with Crippen LogP contribution in [0.25, 0.3) is 16.9 Å². The van der Waals surface area contributed by atoms with E-state index in [2.05, 4.69) is 39.5 Å². The molecule has 0 unspecified atom stereocenters. The van der Waals surface area contributed by atoms with Crippen LogP contribution in [-0.2, 0) is 11.2 Å². The second-order valence-corrected chi connectivity index (χ2v) is 11.3. The summed E-state index contributed by atoms with van der Waals surface area (Å²) in [4.78, 5) is 30.3. The van der Waals surface area contributed by atoms with Gasteiger partial charge in [-0.3, -0.25) is 14.1 Å². The summed E-state index contributed by atoms with van der Waals surface area (Å²) in [7, 11) is 1.96. The number of halogens is 1. The molecule has 0 saturated carbocycles. The second-order valence-electron chi connectivity index (χ2n) is 10.4. The van der Waals surface area contributed by atoms with Crippen LogP contribution < -0.4 is 9.80 Å². The fourth-order valence-electron chi connectivity index (χ4n) is 5.43. The molecular weight excluding hydrogens is 543 g/mol. The number of imidazole rings is 1. The summed E-state index contributed by atoms with van der Waals surface area (Å²) in [5.41, 5.74) is 4.35. The minimum Gasteiger partial charge on any atom is -0.389 e. The van der Waals surface area contributed by atoms with Crippen LogP contribution in [0.1, 0.15) is 18.2 Å². The number of aryl methyl sites for hydroxylation is 1. The lowest BCUT2D eigenvalue weighted by atomic mass is 10.1. The third-order valence-electron chi connectivity index (χ3n) is 7.77. The number of aliphatic hydroxyl groups excluding tert-OH is 1. The molecule has 41 heavy (non-hydrogen) atoms. The first-order valence-corrected chi connectivity index (χ1v) is 14.6. The van der Waals surface area contributed by atoms with Gasteiger partial charge in [-0.25, -0.2) is 14.4 Å². The highest BCUT2D eigenvalue weighted by Gasteiger charge is 2.30. The lowest BCUT2D eigenvalue weighted by Crippen LogP contribution is -2.57. The number of aromatic nitrogens is 3. The number of rotatable bonds is 7. The Balaban J connectivity index is 1.22. The number of likely N-dealkylation sites (tertiary alicyclic amines) is 1.